The molecule has 26 heavy (non-hydrogen) atoms. The molecule has 0 unspecified atom stereocenters. The molecular weight excluding hydrogens is 322 g/mol. The third-order valence-electron chi connectivity index (χ3n) is 6.38. The van der Waals surface area contributed by atoms with E-state index in [9.17, 15) is 0 Å². The first kappa shape index (κ1) is 17.7. The molecule has 0 amide bonds. The number of hydrogen-bond acceptors (Lipinski definition) is 4. The maximum absolute atomic E-state index is 4.54. The molecule has 5 nitrogen and oxygen atoms in total. The van der Waals surface area contributed by atoms with Gasteiger partial charge in [-0.1, -0.05) is 61.9 Å². The highest BCUT2D eigenvalue weighted by Crippen LogP contribution is 2.36. The van der Waals surface area contributed by atoms with Crippen molar-refractivity contribution in [3.8, 4) is 0 Å². The first-order chi connectivity index (χ1) is 12.7. The summed E-state index contributed by atoms with van der Waals surface area (Å²) < 4.78 is 2.14. The Hall–Kier alpha value is -1.75. The second-order valence-electron chi connectivity index (χ2n) is 8.19. The van der Waals surface area contributed by atoms with E-state index in [4.69, 9.17) is 0 Å². The minimum Gasteiger partial charge on any atom is -0.290 e. The lowest BCUT2D eigenvalue weighted by molar-refractivity contribution is 0.147. The van der Waals surface area contributed by atoms with Crippen LogP contribution in [0.1, 0.15) is 86.8 Å². The predicted octanol–water partition coefficient (Wildman–Crippen LogP) is 4.45. The fourth-order valence-electron chi connectivity index (χ4n) is 4.80. The Labute approximate surface area is 156 Å². The maximum Gasteiger partial charge on any atom is 0.173 e. The Bertz CT molecular complexity index is 695. The first-order valence-electron chi connectivity index (χ1n) is 10.3. The fraction of sp³-hybridized carbons (Fsp3) is 0.667. The largest absolute Gasteiger partial charge is 0.290 e. The molecule has 1 aromatic heterocycles. The highest BCUT2D eigenvalue weighted by molar-refractivity contribution is 5.28. The van der Waals surface area contributed by atoms with Gasteiger partial charge in [0.05, 0.1) is 12.1 Å². The van der Waals surface area contributed by atoms with Crippen LogP contribution in [0.5, 0.6) is 0 Å². The molecule has 2 aliphatic carbocycles. The van der Waals surface area contributed by atoms with E-state index in [1.165, 1.54) is 68.9 Å². The third-order valence-corrected chi connectivity index (χ3v) is 6.38. The summed E-state index contributed by atoms with van der Waals surface area (Å²) in [6, 6.07) is 10.1. The molecule has 0 bridgehead atoms. The van der Waals surface area contributed by atoms with E-state index in [1.54, 1.807) is 0 Å². The minimum atomic E-state index is 0.134. The Morgan fingerprint density at radius 2 is 1.62 bits per heavy atom. The lowest BCUT2D eigenvalue weighted by Crippen LogP contribution is -2.38. The van der Waals surface area contributed by atoms with Crippen LogP contribution in [0.25, 0.3) is 0 Å². The van der Waals surface area contributed by atoms with Gasteiger partial charge in [-0.2, -0.15) is 0 Å². The molecule has 2 saturated carbocycles. The van der Waals surface area contributed by atoms with Crippen molar-refractivity contribution in [3.63, 3.8) is 0 Å². The SMILES string of the molecule is Cc1ccc([C@H](c2nnnn2C2CCCC2)N(C)C2CCCCC2)cc1. The van der Waals surface area contributed by atoms with Crippen LogP contribution in [0.15, 0.2) is 24.3 Å². The predicted molar refractivity (Wildman–Crippen MR) is 103 cm³/mol. The Morgan fingerprint density at radius 1 is 0.962 bits per heavy atom. The number of benzene rings is 1. The molecule has 2 fully saturated rings. The molecule has 1 aromatic carbocycles. The van der Waals surface area contributed by atoms with E-state index in [0.29, 0.717) is 12.1 Å². The molecule has 0 radical (unpaired) electrons. The van der Waals surface area contributed by atoms with Crippen LogP contribution < -0.4 is 0 Å². The van der Waals surface area contributed by atoms with Crippen molar-refractivity contribution in [1.29, 1.82) is 0 Å². The summed E-state index contributed by atoms with van der Waals surface area (Å²) in [5.41, 5.74) is 2.60. The molecular formula is C21H31N5. The number of aromatic nitrogens is 4. The normalized spacial score (nSPS) is 20.7. The molecule has 0 saturated heterocycles. The third kappa shape index (κ3) is 3.54. The monoisotopic (exact) mass is 353 g/mol. The second-order valence-corrected chi connectivity index (χ2v) is 8.19. The number of tetrazole rings is 1. The van der Waals surface area contributed by atoms with Crippen molar-refractivity contribution < 1.29 is 0 Å². The fourth-order valence-corrected chi connectivity index (χ4v) is 4.80. The molecule has 4 rings (SSSR count). The van der Waals surface area contributed by atoms with Crippen molar-refractivity contribution in [1.82, 2.24) is 25.1 Å². The zero-order valence-corrected chi connectivity index (χ0v) is 16.1. The van der Waals surface area contributed by atoms with Crippen molar-refractivity contribution in [2.24, 2.45) is 0 Å². The Balaban J connectivity index is 1.70. The van der Waals surface area contributed by atoms with Gasteiger partial charge in [0.25, 0.3) is 0 Å². The summed E-state index contributed by atoms with van der Waals surface area (Å²) in [6.45, 7) is 2.15. The van der Waals surface area contributed by atoms with Crippen LogP contribution in [-0.2, 0) is 0 Å². The van der Waals surface area contributed by atoms with Gasteiger partial charge in [-0.25, -0.2) is 4.68 Å². The summed E-state index contributed by atoms with van der Waals surface area (Å²) in [6.07, 6.45) is 11.6. The van der Waals surface area contributed by atoms with E-state index in [0.717, 1.165) is 5.82 Å². The van der Waals surface area contributed by atoms with Gasteiger partial charge in [0.2, 0.25) is 0 Å². The smallest absolute Gasteiger partial charge is 0.173 e. The standard InChI is InChI=1S/C21H31N5/c1-16-12-14-17(15-13-16)20(25(2)18-8-4-3-5-9-18)21-22-23-24-26(21)19-10-6-7-11-19/h12-15,18-20H,3-11H2,1-2H3/t20-/m1/s1. The van der Waals surface area contributed by atoms with Crippen molar-refractivity contribution in [2.45, 2.75) is 82.8 Å². The van der Waals surface area contributed by atoms with Gasteiger partial charge in [0.15, 0.2) is 5.82 Å². The van der Waals surface area contributed by atoms with Gasteiger partial charge in [-0.3, -0.25) is 4.90 Å². The molecule has 0 spiro atoms. The maximum atomic E-state index is 4.54. The van der Waals surface area contributed by atoms with Crippen LogP contribution in [-0.4, -0.2) is 38.2 Å². The van der Waals surface area contributed by atoms with Gasteiger partial charge in [-0.05, 0) is 55.6 Å². The Morgan fingerprint density at radius 3 is 2.31 bits per heavy atom. The van der Waals surface area contributed by atoms with E-state index >= 15 is 0 Å². The summed E-state index contributed by atoms with van der Waals surface area (Å²) >= 11 is 0. The number of aryl methyl sites for hydroxylation is 1. The van der Waals surface area contributed by atoms with Crippen LogP contribution in [0.4, 0.5) is 0 Å². The highest BCUT2D eigenvalue weighted by atomic mass is 15.6. The number of hydrogen-bond donors (Lipinski definition) is 0. The van der Waals surface area contributed by atoms with E-state index in [2.05, 4.69) is 63.3 Å². The molecule has 2 aromatic rings. The summed E-state index contributed by atoms with van der Waals surface area (Å²) in [5.74, 6) is 1.02. The summed E-state index contributed by atoms with van der Waals surface area (Å²) in [4.78, 5) is 2.54. The molecule has 0 N–H and O–H groups in total. The number of nitrogens with zero attached hydrogens (tertiary/aromatic N) is 5. The first-order valence-corrected chi connectivity index (χ1v) is 10.3. The van der Waals surface area contributed by atoms with Gasteiger partial charge in [-0.15, -0.1) is 5.10 Å². The van der Waals surface area contributed by atoms with Gasteiger partial charge >= 0.3 is 0 Å². The van der Waals surface area contributed by atoms with E-state index in [-0.39, 0.29) is 6.04 Å². The quantitative estimate of drug-likeness (QED) is 0.797. The van der Waals surface area contributed by atoms with Crippen LogP contribution in [0, 0.1) is 6.92 Å². The second kappa shape index (κ2) is 7.87. The topological polar surface area (TPSA) is 46.8 Å². The van der Waals surface area contributed by atoms with Crippen LogP contribution >= 0.6 is 0 Å². The summed E-state index contributed by atoms with van der Waals surface area (Å²) in [7, 11) is 2.27. The molecule has 5 heteroatoms. The highest BCUT2D eigenvalue weighted by Gasteiger charge is 2.33. The zero-order valence-electron chi connectivity index (χ0n) is 16.1. The van der Waals surface area contributed by atoms with Crippen molar-refractivity contribution in [3.05, 3.63) is 41.2 Å². The minimum absolute atomic E-state index is 0.134. The van der Waals surface area contributed by atoms with Gasteiger partial charge in [0.1, 0.15) is 0 Å². The van der Waals surface area contributed by atoms with E-state index < -0.39 is 0 Å². The van der Waals surface area contributed by atoms with Crippen LogP contribution in [0.3, 0.4) is 0 Å². The lowest BCUT2D eigenvalue weighted by atomic mass is 9.92. The molecule has 1 heterocycles. The Kier molecular flexibility index (Phi) is 5.34. The zero-order chi connectivity index (χ0) is 17.9. The lowest BCUT2D eigenvalue weighted by Gasteiger charge is -2.37. The van der Waals surface area contributed by atoms with Crippen molar-refractivity contribution >= 4 is 0 Å². The molecule has 1 atom stereocenters. The molecule has 2 aliphatic rings. The van der Waals surface area contributed by atoms with Crippen LogP contribution in [0.2, 0.25) is 0 Å². The average molecular weight is 354 g/mol. The number of rotatable bonds is 5. The van der Waals surface area contributed by atoms with Gasteiger partial charge in [0, 0.05) is 6.04 Å². The average Bonchev–Trinajstić information content (AvgIpc) is 3.35. The van der Waals surface area contributed by atoms with Crippen molar-refractivity contribution in [2.75, 3.05) is 7.05 Å². The van der Waals surface area contributed by atoms with Gasteiger partial charge < -0.3 is 0 Å². The summed E-state index contributed by atoms with van der Waals surface area (Å²) in [5, 5.41) is 13.0. The molecule has 0 aliphatic heterocycles. The van der Waals surface area contributed by atoms with E-state index in [1.807, 2.05) is 0 Å². The molecule has 140 valence electrons.